The Labute approximate surface area is 113 Å². The van der Waals surface area contributed by atoms with Gasteiger partial charge in [-0.3, -0.25) is 4.79 Å². The molecule has 1 fully saturated rings. The smallest absolute Gasteiger partial charge is 0.227 e. The molecule has 1 aliphatic rings. The van der Waals surface area contributed by atoms with Crippen LogP contribution in [0.15, 0.2) is 17.5 Å². The second-order valence-electron chi connectivity index (χ2n) is 4.12. The third-order valence-electron chi connectivity index (χ3n) is 3.03. The third-order valence-corrected chi connectivity index (χ3v) is 3.89. The van der Waals surface area contributed by atoms with Crippen LogP contribution in [0.4, 0.5) is 0 Å². The van der Waals surface area contributed by atoms with Crippen molar-refractivity contribution >= 4 is 29.7 Å². The van der Waals surface area contributed by atoms with E-state index in [2.05, 4.69) is 16.8 Å². The molecule has 2 rings (SSSR count). The largest absolute Gasteiger partial charge is 0.338 e. The summed E-state index contributed by atoms with van der Waals surface area (Å²) in [4.78, 5) is 15.4. The van der Waals surface area contributed by atoms with Crippen LogP contribution >= 0.6 is 23.7 Å². The van der Waals surface area contributed by atoms with E-state index >= 15 is 0 Å². The summed E-state index contributed by atoms with van der Waals surface area (Å²) in [6.45, 7) is 5.44. The SMILES string of the molecule is CCN(Cc1cccs1)C(=O)C1CCNC1.Cl. The molecule has 0 saturated carbocycles. The minimum atomic E-state index is 0. The van der Waals surface area contributed by atoms with Crippen LogP contribution in [0.1, 0.15) is 18.2 Å². The van der Waals surface area contributed by atoms with E-state index < -0.39 is 0 Å². The highest BCUT2D eigenvalue weighted by Crippen LogP contribution is 2.16. The predicted molar refractivity (Wildman–Crippen MR) is 73.6 cm³/mol. The fraction of sp³-hybridized carbons (Fsp3) is 0.583. The van der Waals surface area contributed by atoms with Gasteiger partial charge in [0, 0.05) is 18.0 Å². The molecule has 0 radical (unpaired) electrons. The monoisotopic (exact) mass is 274 g/mol. The van der Waals surface area contributed by atoms with E-state index in [-0.39, 0.29) is 18.3 Å². The Morgan fingerprint density at radius 2 is 2.47 bits per heavy atom. The van der Waals surface area contributed by atoms with Crippen LogP contribution in [0.2, 0.25) is 0 Å². The Morgan fingerprint density at radius 1 is 1.65 bits per heavy atom. The Hall–Kier alpha value is -0.580. The molecule has 1 unspecified atom stereocenters. The molecule has 0 bridgehead atoms. The van der Waals surface area contributed by atoms with Gasteiger partial charge in [0.2, 0.25) is 5.91 Å². The number of thiophene rings is 1. The van der Waals surface area contributed by atoms with Crippen LogP contribution in [0.5, 0.6) is 0 Å². The first-order valence-corrected chi connectivity index (χ1v) is 6.71. The topological polar surface area (TPSA) is 32.3 Å². The zero-order chi connectivity index (χ0) is 11.4. The van der Waals surface area contributed by atoms with Crippen molar-refractivity contribution in [3.63, 3.8) is 0 Å². The molecule has 5 heteroatoms. The summed E-state index contributed by atoms with van der Waals surface area (Å²) in [5, 5.41) is 5.31. The molecule has 0 spiro atoms. The van der Waals surface area contributed by atoms with E-state index in [4.69, 9.17) is 0 Å². The lowest BCUT2D eigenvalue weighted by Crippen LogP contribution is -2.36. The van der Waals surface area contributed by atoms with Crippen molar-refractivity contribution in [2.24, 2.45) is 5.92 Å². The number of amides is 1. The van der Waals surface area contributed by atoms with Gasteiger partial charge in [0.15, 0.2) is 0 Å². The standard InChI is InChI=1S/C12H18N2OS.ClH/c1-2-14(9-11-4-3-7-16-11)12(15)10-5-6-13-8-10;/h3-4,7,10,13H,2,5-6,8-9H2,1H3;1H. The summed E-state index contributed by atoms with van der Waals surface area (Å²) in [7, 11) is 0. The third kappa shape index (κ3) is 3.69. The van der Waals surface area contributed by atoms with Gasteiger partial charge in [-0.25, -0.2) is 0 Å². The van der Waals surface area contributed by atoms with E-state index in [9.17, 15) is 4.79 Å². The highest BCUT2D eigenvalue weighted by Gasteiger charge is 2.26. The van der Waals surface area contributed by atoms with Crippen LogP contribution in [-0.2, 0) is 11.3 Å². The van der Waals surface area contributed by atoms with Gasteiger partial charge in [-0.05, 0) is 31.3 Å². The van der Waals surface area contributed by atoms with Gasteiger partial charge in [-0.15, -0.1) is 23.7 Å². The Morgan fingerprint density at radius 3 is 3.00 bits per heavy atom. The Kier molecular flexibility index (Phi) is 5.95. The van der Waals surface area contributed by atoms with Crippen molar-refractivity contribution < 1.29 is 4.79 Å². The molecule has 0 aliphatic carbocycles. The minimum Gasteiger partial charge on any atom is -0.338 e. The first kappa shape index (κ1) is 14.5. The van der Waals surface area contributed by atoms with E-state index in [1.165, 1.54) is 4.88 Å². The van der Waals surface area contributed by atoms with Gasteiger partial charge in [-0.2, -0.15) is 0 Å². The molecule has 1 aromatic heterocycles. The normalized spacial score (nSPS) is 18.8. The number of halogens is 1. The van der Waals surface area contributed by atoms with Crippen molar-refractivity contribution in [3.05, 3.63) is 22.4 Å². The van der Waals surface area contributed by atoms with Crippen molar-refractivity contribution in [1.82, 2.24) is 10.2 Å². The summed E-state index contributed by atoms with van der Waals surface area (Å²) >= 11 is 1.72. The maximum Gasteiger partial charge on any atom is 0.227 e. The van der Waals surface area contributed by atoms with Gasteiger partial charge in [-0.1, -0.05) is 6.07 Å². The predicted octanol–water partition coefficient (Wildman–Crippen LogP) is 2.13. The molecule has 2 heterocycles. The lowest BCUT2D eigenvalue weighted by Gasteiger charge is -2.23. The van der Waals surface area contributed by atoms with Crippen molar-refractivity contribution in [3.8, 4) is 0 Å². The summed E-state index contributed by atoms with van der Waals surface area (Å²) < 4.78 is 0. The van der Waals surface area contributed by atoms with E-state index in [1.54, 1.807) is 11.3 Å². The van der Waals surface area contributed by atoms with E-state index in [1.807, 2.05) is 17.9 Å². The molecule has 3 nitrogen and oxygen atoms in total. The highest BCUT2D eigenvalue weighted by molar-refractivity contribution is 7.09. The fourth-order valence-corrected chi connectivity index (χ4v) is 2.78. The first-order valence-electron chi connectivity index (χ1n) is 5.83. The van der Waals surface area contributed by atoms with E-state index in [0.717, 1.165) is 32.6 Å². The maximum absolute atomic E-state index is 12.2. The summed E-state index contributed by atoms with van der Waals surface area (Å²) in [6.07, 6.45) is 0.986. The van der Waals surface area contributed by atoms with Crippen molar-refractivity contribution in [2.75, 3.05) is 19.6 Å². The molecule has 1 N–H and O–H groups in total. The molecule has 1 amide bonds. The molecule has 17 heavy (non-hydrogen) atoms. The lowest BCUT2D eigenvalue weighted by atomic mass is 10.1. The number of nitrogens with one attached hydrogen (secondary N) is 1. The molecular weight excluding hydrogens is 256 g/mol. The maximum atomic E-state index is 12.2. The van der Waals surface area contributed by atoms with Gasteiger partial charge < -0.3 is 10.2 Å². The Balaban J connectivity index is 0.00000144. The number of carbonyl (C=O) groups is 1. The second-order valence-corrected chi connectivity index (χ2v) is 5.15. The fourth-order valence-electron chi connectivity index (χ4n) is 2.06. The zero-order valence-corrected chi connectivity index (χ0v) is 11.6. The number of carbonyl (C=O) groups excluding carboxylic acids is 1. The van der Waals surface area contributed by atoms with Crippen molar-refractivity contribution in [1.29, 1.82) is 0 Å². The average Bonchev–Trinajstić information content (AvgIpc) is 2.97. The van der Waals surface area contributed by atoms with Crippen LogP contribution in [-0.4, -0.2) is 30.4 Å². The summed E-state index contributed by atoms with van der Waals surface area (Å²) in [5.41, 5.74) is 0. The van der Waals surface area contributed by atoms with Crippen LogP contribution in [0.25, 0.3) is 0 Å². The molecule has 0 aromatic carbocycles. The van der Waals surface area contributed by atoms with Gasteiger partial charge in [0.25, 0.3) is 0 Å². The van der Waals surface area contributed by atoms with Crippen LogP contribution in [0.3, 0.4) is 0 Å². The van der Waals surface area contributed by atoms with Gasteiger partial charge >= 0.3 is 0 Å². The zero-order valence-electron chi connectivity index (χ0n) is 10.0. The molecule has 96 valence electrons. The molecule has 1 aliphatic heterocycles. The number of hydrogen-bond acceptors (Lipinski definition) is 3. The summed E-state index contributed by atoms with van der Waals surface area (Å²) in [5.74, 6) is 0.501. The van der Waals surface area contributed by atoms with Crippen molar-refractivity contribution in [2.45, 2.75) is 19.9 Å². The van der Waals surface area contributed by atoms with Crippen LogP contribution < -0.4 is 5.32 Å². The van der Waals surface area contributed by atoms with Crippen LogP contribution in [0, 0.1) is 5.92 Å². The second kappa shape index (κ2) is 6.99. The quantitative estimate of drug-likeness (QED) is 0.912. The molecular formula is C12H19ClN2OS. The van der Waals surface area contributed by atoms with Gasteiger partial charge in [0.05, 0.1) is 12.5 Å². The van der Waals surface area contributed by atoms with Gasteiger partial charge in [0.1, 0.15) is 0 Å². The van der Waals surface area contributed by atoms with E-state index in [0.29, 0.717) is 5.91 Å². The number of nitrogens with zero attached hydrogens (tertiary/aromatic N) is 1. The summed E-state index contributed by atoms with van der Waals surface area (Å²) in [6, 6.07) is 4.13. The minimum absolute atomic E-state index is 0. The lowest BCUT2D eigenvalue weighted by molar-refractivity contribution is -0.135. The highest BCUT2D eigenvalue weighted by atomic mass is 35.5. The molecule has 1 atom stereocenters. The molecule has 1 saturated heterocycles. The Bertz CT molecular complexity index is 336. The number of rotatable bonds is 4. The average molecular weight is 275 g/mol. The molecule has 1 aromatic rings. The first-order chi connectivity index (χ1) is 7.81. The number of hydrogen-bond donors (Lipinski definition) is 1.